The number of carbonyl (C=O) groups excluding carboxylic acids is 2. The normalized spacial score (nSPS) is 11.7. The van der Waals surface area contributed by atoms with Crippen LogP contribution in [0.1, 0.15) is 5.56 Å². The van der Waals surface area contributed by atoms with Crippen molar-refractivity contribution in [3.63, 3.8) is 0 Å². The number of benzene rings is 1. The Morgan fingerprint density at radius 2 is 2.11 bits per heavy atom. The number of methoxy groups -OCH3 is 1. The molecule has 0 saturated heterocycles. The Morgan fingerprint density at radius 3 is 2.67 bits per heavy atom. The van der Waals surface area contributed by atoms with Gasteiger partial charge in [0.25, 0.3) is 0 Å². The Labute approximate surface area is 119 Å². The van der Waals surface area contributed by atoms with Gasteiger partial charge in [0.05, 0.1) is 7.11 Å². The van der Waals surface area contributed by atoms with Crippen LogP contribution in [0.15, 0.2) is 24.3 Å². The number of esters is 1. The molecule has 0 aliphatic carbocycles. The highest BCUT2D eigenvalue weighted by Crippen LogP contribution is 2.14. The van der Waals surface area contributed by atoms with Crippen LogP contribution < -0.4 is 5.32 Å². The fourth-order valence-corrected chi connectivity index (χ4v) is 2.07. The molecule has 0 unspecified atom stereocenters. The van der Waals surface area contributed by atoms with Crippen molar-refractivity contribution >= 4 is 34.5 Å². The lowest BCUT2D eigenvalue weighted by Gasteiger charge is -2.16. The van der Waals surface area contributed by atoms with Gasteiger partial charge in [0.15, 0.2) is 0 Å². The van der Waals surface area contributed by atoms with E-state index in [1.165, 1.54) is 7.11 Å². The molecule has 1 amide bonds. The van der Waals surface area contributed by atoms with Crippen molar-refractivity contribution in [3.05, 3.63) is 33.4 Å². The minimum atomic E-state index is -0.787. The fraction of sp³-hybridized carbons (Fsp3) is 0.333. The number of aliphatic hydroxyl groups is 1. The third-order valence-corrected chi connectivity index (χ3v) is 3.40. The Bertz CT molecular complexity index is 436. The molecule has 2 N–H and O–H groups in total. The van der Waals surface area contributed by atoms with E-state index in [9.17, 15) is 9.59 Å². The Morgan fingerprint density at radius 1 is 1.44 bits per heavy atom. The quantitative estimate of drug-likeness (QED) is 0.590. The average molecular weight is 363 g/mol. The van der Waals surface area contributed by atoms with Crippen molar-refractivity contribution < 1.29 is 19.4 Å². The summed E-state index contributed by atoms with van der Waals surface area (Å²) in [6.45, 7) is -0.653. The monoisotopic (exact) mass is 363 g/mol. The first-order valence-corrected chi connectivity index (χ1v) is 6.37. The van der Waals surface area contributed by atoms with E-state index in [0.29, 0.717) is 6.42 Å². The molecule has 18 heavy (non-hydrogen) atoms. The summed E-state index contributed by atoms with van der Waals surface area (Å²) >= 11 is 2.16. The average Bonchev–Trinajstić information content (AvgIpc) is 2.39. The summed E-state index contributed by atoms with van der Waals surface area (Å²) in [5.74, 6) is -1.13. The number of aliphatic hydroxyl groups excluding tert-OH is 1. The number of hydrogen-bond donors (Lipinski definition) is 2. The van der Waals surface area contributed by atoms with E-state index in [0.717, 1.165) is 9.13 Å². The summed E-state index contributed by atoms with van der Waals surface area (Å²) in [5.41, 5.74) is 0.937. The fourth-order valence-electron chi connectivity index (χ4n) is 1.46. The maximum Gasteiger partial charge on any atom is 0.328 e. The molecule has 0 aliphatic rings. The maximum absolute atomic E-state index is 11.6. The molecule has 1 aromatic carbocycles. The molecular formula is C12H14INO4. The first-order chi connectivity index (χ1) is 8.58. The lowest BCUT2D eigenvalue weighted by molar-refractivity contribution is -0.145. The molecule has 98 valence electrons. The van der Waals surface area contributed by atoms with Crippen LogP contribution in [-0.4, -0.2) is 36.7 Å². The van der Waals surface area contributed by atoms with Crippen LogP contribution >= 0.6 is 22.6 Å². The van der Waals surface area contributed by atoms with Crippen LogP contribution in [0, 0.1) is 3.57 Å². The standard InChI is InChI=1S/C12H14INO4/c1-18-12(17)10(14-11(16)7-15)6-8-4-2-3-5-9(8)13/h2-5,10,15H,6-7H2,1H3,(H,14,16)/t10-/m1/s1. The van der Waals surface area contributed by atoms with Gasteiger partial charge in [-0.2, -0.15) is 0 Å². The molecule has 1 aromatic rings. The van der Waals surface area contributed by atoms with Gasteiger partial charge in [-0.3, -0.25) is 4.79 Å². The second-order valence-electron chi connectivity index (χ2n) is 3.60. The van der Waals surface area contributed by atoms with Gasteiger partial charge < -0.3 is 15.2 Å². The SMILES string of the molecule is COC(=O)[C@@H](Cc1ccccc1I)NC(=O)CO. The van der Waals surface area contributed by atoms with Gasteiger partial charge in [0.1, 0.15) is 12.6 Å². The van der Waals surface area contributed by atoms with Crippen LogP contribution in [0.3, 0.4) is 0 Å². The van der Waals surface area contributed by atoms with Crippen LogP contribution in [0.5, 0.6) is 0 Å². The molecular weight excluding hydrogens is 349 g/mol. The summed E-state index contributed by atoms with van der Waals surface area (Å²) in [6, 6.07) is 6.76. The summed E-state index contributed by atoms with van der Waals surface area (Å²) in [6.07, 6.45) is 0.331. The first kappa shape index (κ1) is 14.9. The van der Waals surface area contributed by atoms with Gasteiger partial charge in [-0.1, -0.05) is 18.2 Å². The molecule has 0 heterocycles. The highest BCUT2D eigenvalue weighted by Gasteiger charge is 2.22. The summed E-state index contributed by atoms with van der Waals surface area (Å²) in [7, 11) is 1.26. The van der Waals surface area contributed by atoms with E-state index in [1.54, 1.807) is 0 Å². The third kappa shape index (κ3) is 4.26. The van der Waals surface area contributed by atoms with Crippen LogP contribution in [0.25, 0.3) is 0 Å². The predicted octanol–water partition coefficient (Wildman–Crippen LogP) is 0.484. The summed E-state index contributed by atoms with van der Waals surface area (Å²) in [5, 5.41) is 11.1. The van der Waals surface area contributed by atoms with Gasteiger partial charge in [-0.25, -0.2) is 4.79 Å². The second-order valence-corrected chi connectivity index (χ2v) is 4.76. The molecule has 0 spiro atoms. The second kappa shape index (κ2) is 7.32. The van der Waals surface area contributed by atoms with Crippen molar-refractivity contribution in [1.29, 1.82) is 0 Å². The van der Waals surface area contributed by atoms with Gasteiger partial charge in [0.2, 0.25) is 5.91 Å². The van der Waals surface area contributed by atoms with Gasteiger partial charge >= 0.3 is 5.97 Å². The zero-order chi connectivity index (χ0) is 13.5. The Kier molecular flexibility index (Phi) is 6.06. The van der Waals surface area contributed by atoms with Gasteiger partial charge in [0, 0.05) is 9.99 Å². The minimum absolute atomic E-state index is 0.331. The van der Waals surface area contributed by atoms with Crippen molar-refractivity contribution in [2.24, 2.45) is 0 Å². The molecule has 0 bridgehead atoms. The van der Waals surface area contributed by atoms with E-state index >= 15 is 0 Å². The number of nitrogens with one attached hydrogen (secondary N) is 1. The Balaban J connectivity index is 2.82. The Hall–Kier alpha value is -1.15. The number of carbonyl (C=O) groups is 2. The molecule has 1 atom stereocenters. The number of ether oxygens (including phenoxy) is 1. The lowest BCUT2D eigenvalue weighted by Crippen LogP contribution is -2.44. The number of hydrogen-bond acceptors (Lipinski definition) is 4. The number of amides is 1. The minimum Gasteiger partial charge on any atom is -0.467 e. The van der Waals surface area contributed by atoms with Crippen molar-refractivity contribution in [2.45, 2.75) is 12.5 Å². The molecule has 6 heteroatoms. The van der Waals surface area contributed by atoms with E-state index in [1.807, 2.05) is 24.3 Å². The summed E-state index contributed by atoms with van der Waals surface area (Å²) < 4.78 is 5.63. The smallest absolute Gasteiger partial charge is 0.328 e. The molecule has 0 aliphatic heterocycles. The van der Waals surface area contributed by atoms with E-state index in [2.05, 4.69) is 32.6 Å². The molecule has 0 aromatic heterocycles. The highest BCUT2D eigenvalue weighted by atomic mass is 127. The molecule has 0 fully saturated rings. The van der Waals surface area contributed by atoms with E-state index < -0.39 is 24.5 Å². The molecule has 0 saturated carbocycles. The zero-order valence-corrected chi connectivity index (χ0v) is 12.0. The number of halogens is 1. The van der Waals surface area contributed by atoms with Gasteiger partial charge in [-0.05, 0) is 34.2 Å². The molecule has 1 rings (SSSR count). The van der Waals surface area contributed by atoms with Gasteiger partial charge in [-0.15, -0.1) is 0 Å². The maximum atomic E-state index is 11.6. The number of rotatable bonds is 5. The first-order valence-electron chi connectivity index (χ1n) is 5.30. The summed E-state index contributed by atoms with van der Waals surface area (Å²) in [4.78, 5) is 22.7. The van der Waals surface area contributed by atoms with Crippen LogP contribution in [0.4, 0.5) is 0 Å². The highest BCUT2D eigenvalue weighted by molar-refractivity contribution is 14.1. The van der Waals surface area contributed by atoms with Crippen molar-refractivity contribution in [2.75, 3.05) is 13.7 Å². The third-order valence-electron chi connectivity index (χ3n) is 2.35. The predicted molar refractivity (Wildman–Crippen MR) is 73.9 cm³/mol. The largest absolute Gasteiger partial charge is 0.467 e. The molecule has 0 radical (unpaired) electrons. The molecule has 5 nitrogen and oxygen atoms in total. The zero-order valence-electron chi connectivity index (χ0n) is 9.85. The van der Waals surface area contributed by atoms with Crippen LogP contribution in [0.2, 0.25) is 0 Å². The van der Waals surface area contributed by atoms with Crippen molar-refractivity contribution in [3.8, 4) is 0 Å². The van der Waals surface area contributed by atoms with E-state index in [4.69, 9.17) is 5.11 Å². The van der Waals surface area contributed by atoms with Crippen LogP contribution in [-0.2, 0) is 20.7 Å². The lowest BCUT2D eigenvalue weighted by atomic mass is 10.1. The van der Waals surface area contributed by atoms with E-state index in [-0.39, 0.29) is 0 Å². The topological polar surface area (TPSA) is 75.6 Å². The van der Waals surface area contributed by atoms with Crippen molar-refractivity contribution in [1.82, 2.24) is 5.32 Å².